The van der Waals surface area contributed by atoms with Crippen molar-refractivity contribution in [3.63, 3.8) is 0 Å². The fourth-order valence-electron chi connectivity index (χ4n) is 2.52. The van der Waals surface area contributed by atoms with E-state index in [0.29, 0.717) is 11.1 Å². The molecule has 3 nitrogen and oxygen atoms in total. The fourth-order valence-corrected chi connectivity index (χ4v) is 2.81. The molecule has 4 heteroatoms. The van der Waals surface area contributed by atoms with E-state index in [2.05, 4.69) is 37.1 Å². The molecule has 1 heterocycles. The van der Waals surface area contributed by atoms with Crippen molar-refractivity contribution in [2.24, 2.45) is 0 Å². The smallest absolute Gasteiger partial charge is 0.138 e. The number of hydrogen-bond donors (Lipinski definition) is 1. The minimum atomic E-state index is -0.0462. The predicted molar refractivity (Wildman–Crippen MR) is 75.9 cm³/mol. The number of nitrogens with zero attached hydrogens (tertiary/aromatic N) is 2. The van der Waals surface area contributed by atoms with Gasteiger partial charge in [-0.05, 0) is 49.9 Å². The van der Waals surface area contributed by atoms with Crippen LogP contribution in [0, 0.1) is 13.8 Å². The number of rotatable bonds is 3. The van der Waals surface area contributed by atoms with Crippen molar-refractivity contribution in [1.29, 1.82) is 0 Å². The van der Waals surface area contributed by atoms with Gasteiger partial charge in [0.1, 0.15) is 5.15 Å². The molecule has 0 unspecified atom stereocenters. The molecular formula is C15H17ClN2O. The van der Waals surface area contributed by atoms with Crippen LogP contribution >= 0.6 is 11.6 Å². The van der Waals surface area contributed by atoms with Gasteiger partial charge in [0.25, 0.3) is 0 Å². The van der Waals surface area contributed by atoms with Crippen molar-refractivity contribution in [1.82, 2.24) is 9.78 Å². The summed E-state index contributed by atoms with van der Waals surface area (Å²) in [5.41, 5.74) is 5.07. The molecule has 1 N–H and O–H groups in total. The average molecular weight is 277 g/mol. The normalized spacial score (nSPS) is 14.9. The molecule has 1 aromatic heterocycles. The van der Waals surface area contributed by atoms with Gasteiger partial charge in [0, 0.05) is 11.5 Å². The number of halogens is 1. The number of aliphatic hydroxyl groups is 1. The van der Waals surface area contributed by atoms with E-state index in [0.717, 1.165) is 29.8 Å². The fraction of sp³-hybridized carbons (Fsp3) is 0.400. The molecular weight excluding hydrogens is 260 g/mol. The first kappa shape index (κ1) is 12.7. The zero-order chi connectivity index (χ0) is 13.6. The number of benzene rings is 1. The van der Waals surface area contributed by atoms with Crippen LogP contribution < -0.4 is 0 Å². The van der Waals surface area contributed by atoms with E-state index in [1.165, 1.54) is 11.1 Å². The summed E-state index contributed by atoms with van der Waals surface area (Å²) in [4.78, 5) is 0. The zero-order valence-electron chi connectivity index (χ0n) is 11.2. The van der Waals surface area contributed by atoms with Crippen molar-refractivity contribution in [2.75, 3.05) is 0 Å². The molecule has 0 bridgehead atoms. The lowest BCUT2D eigenvalue weighted by atomic mass is 10.1. The van der Waals surface area contributed by atoms with Gasteiger partial charge in [0.15, 0.2) is 0 Å². The monoisotopic (exact) mass is 276 g/mol. The molecule has 1 aliphatic rings. The van der Waals surface area contributed by atoms with Gasteiger partial charge < -0.3 is 5.11 Å². The van der Waals surface area contributed by atoms with Gasteiger partial charge in [-0.15, -0.1) is 0 Å². The number of aliphatic hydroxyl groups excluding tert-OH is 1. The molecule has 1 saturated carbocycles. The van der Waals surface area contributed by atoms with Gasteiger partial charge >= 0.3 is 0 Å². The Morgan fingerprint density at radius 3 is 2.42 bits per heavy atom. The molecule has 0 amide bonds. The molecule has 0 saturated heterocycles. The summed E-state index contributed by atoms with van der Waals surface area (Å²) in [6.45, 7) is 4.07. The lowest BCUT2D eigenvalue weighted by Crippen LogP contribution is -1.98. The minimum Gasteiger partial charge on any atom is -0.391 e. The number of aromatic nitrogens is 2. The zero-order valence-corrected chi connectivity index (χ0v) is 11.9. The first-order valence-corrected chi connectivity index (χ1v) is 6.94. The highest BCUT2D eigenvalue weighted by Gasteiger charge is 2.31. The van der Waals surface area contributed by atoms with E-state index in [4.69, 9.17) is 11.6 Å². The van der Waals surface area contributed by atoms with Crippen LogP contribution in [0.5, 0.6) is 0 Å². The number of aryl methyl sites for hydroxylation is 2. The van der Waals surface area contributed by atoms with E-state index < -0.39 is 0 Å². The summed E-state index contributed by atoms with van der Waals surface area (Å²) < 4.78 is 1.75. The van der Waals surface area contributed by atoms with Gasteiger partial charge in [-0.2, -0.15) is 5.10 Å². The minimum absolute atomic E-state index is 0.0462. The number of hydrogen-bond acceptors (Lipinski definition) is 2. The van der Waals surface area contributed by atoms with Crippen LogP contribution in [0.4, 0.5) is 0 Å². The standard InChI is InChI=1S/C15H17ClN2O/c1-9-5-10(2)7-12(6-9)18-15(16)13(8-19)14(17-18)11-3-4-11/h5-7,11,19H,3-4,8H2,1-2H3. The Morgan fingerprint density at radius 1 is 1.26 bits per heavy atom. The van der Waals surface area contributed by atoms with Crippen LogP contribution in [0.25, 0.3) is 5.69 Å². The quantitative estimate of drug-likeness (QED) is 0.932. The largest absolute Gasteiger partial charge is 0.391 e. The second-order valence-electron chi connectivity index (χ2n) is 5.34. The van der Waals surface area contributed by atoms with Crippen molar-refractivity contribution >= 4 is 11.6 Å². The van der Waals surface area contributed by atoms with Gasteiger partial charge in [0.2, 0.25) is 0 Å². The predicted octanol–water partition coefficient (Wildman–Crippen LogP) is 3.51. The second-order valence-corrected chi connectivity index (χ2v) is 5.70. The van der Waals surface area contributed by atoms with Crippen LogP contribution in [0.2, 0.25) is 5.15 Å². The summed E-state index contributed by atoms with van der Waals surface area (Å²) in [7, 11) is 0. The summed E-state index contributed by atoms with van der Waals surface area (Å²) in [5, 5.41) is 14.7. The van der Waals surface area contributed by atoms with Crippen LogP contribution in [0.3, 0.4) is 0 Å². The van der Waals surface area contributed by atoms with Crippen molar-refractivity contribution in [2.45, 2.75) is 39.2 Å². The Balaban J connectivity index is 2.14. The maximum Gasteiger partial charge on any atom is 0.138 e. The molecule has 100 valence electrons. The molecule has 3 rings (SSSR count). The summed E-state index contributed by atoms with van der Waals surface area (Å²) in [6.07, 6.45) is 2.29. The molecule has 0 spiro atoms. The van der Waals surface area contributed by atoms with Crippen molar-refractivity contribution < 1.29 is 5.11 Å². The van der Waals surface area contributed by atoms with Gasteiger partial charge in [-0.3, -0.25) is 0 Å². The van der Waals surface area contributed by atoms with E-state index in [-0.39, 0.29) is 6.61 Å². The molecule has 1 aromatic carbocycles. The average Bonchev–Trinajstić information content (AvgIpc) is 3.12. The van der Waals surface area contributed by atoms with Crippen LogP contribution in [-0.4, -0.2) is 14.9 Å². The molecule has 1 fully saturated rings. The summed E-state index contributed by atoms with van der Waals surface area (Å²) in [6, 6.07) is 6.24. The maximum absolute atomic E-state index is 9.51. The highest BCUT2D eigenvalue weighted by Crippen LogP contribution is 2.43. The lowest BCUT2D eigenvalue weighted by molar-refractivity contribution is 0.280. The van der Waals surface area contributed by atoms with Crippen LogP contribution in [-0.2, 0) is 6.61 Å². The molecule has 2 aromatic rings. The van der Waals surface area contributed by atoms with Gasteiger partial charge in [0.05, 0.1) is 18.0 Å². The third kappa shape index (κ3) is 2.28. The van der Waals surface area contributed by atoms with E-state index in [1.807, 2.05) is 0 Å². The second kappa shape index (κ2) is 4.66. The SMILES string of the molecule is Cc1cc(C)cc(-n2nc(C3CC3)c(CO)c2Cl)c1. The Labute approximate surface area is 117 Å². The van der Waals surface area contributed by atoms with Crippen molar-refractivity contribution in [3.05, 3.63) is 45.7 Å². The van der Waals surface area contributed by atoms with Crippen molar-refractivity contribution in [3.8, 4) is 5.69 Å². The summed E-state index contributed by atoms with van der Waals surface area (Å²) >= 11 is 6.38. The Hall–Kier alpha value is -1.32. The van der Waals surface area contributed by atoms with Gasteiger partial charge in [-0.25, -0.2) is 4.68 Å². The third-order valence-corrected chi connectivity index (χ3v) is 3.91. The van der Waals surface area contributed by atoms with E-state index in [9.17, 15) is 5.11 Å². The molecule has 0 atom stereocenters. The Morgan fingerprint density at radius 2 is 1.89 bits per heavy atom. The van der Waals surface area contributed by atoms with Crippen LogP contribution in [0.15, 0.2) is 18.2 Å². The maximum atomic E-state index is 9.51. The Kier molecular flexibility index (Phi) is 3.11. The van der Waals surface area contributed by atoms with E-state index in [1.54, 1.807) is 4.68 Å². The first-order valence-electron chi connectivity index (χ1n) is 6.57. The molecule has 0 aliphatic heterocycles. The topological polar surface area (TPSA) is 38.0 Å². The van der Waals surface area contributed by atoms with Gasteiger partial charge in [-0.1, -0.05) is 17.7 Å². The first-order chi connectivity index (χ1) is 9.10. The molecule has 0 radical (unpaired) electrons. The van der Waals surface area contributed by atoms with E-state index >= 15 is 0 Å². The summed E-state index contributed by atoms with van der Waals surface area (Å²) in [5.74, 6) is 0.479. The molecule has 19 heavy (non-hydrogen) atoms. The highest BCUT2D eigenvalue weighted by molar-refractivity contribution is 6.30. The molecule has 1 aliphatic carbocycles. The third-order valence-electron chi connectivity index (χ3n) is 3.53. The van der Waals surface area contributed by atoms with Crippen LogP contribution in [0.1, 0.15) is 41.1 Å². The lowest BCUT2D eigenvalue weighted by Gasteiger charge is -2.06. The Bertz CT molecular complexity index is 609. The highest BCUT2D eigenvalue weighted by atomic mass is 35.5.